The molecule has 1 aromatic carbocycles. The van der Waals surface area contributed by atoms with Crippen molar-refractivity contribution in [3.63, 3.8) is 0 Å². The number of carbonyl (C=O) groups is 1. The highest BCUT2D eigenvalue weighted by molar-refractivity contribution is 7.13. The molecule has 0 radical (unpaired) electrons. The Hall–Kier alpha value is -2.40. The monoisotopic (exact) mass is 295 g/mol. The summed E-state index contributed by atoms with van der Waals surface area (Å²) in [6, 6.07) is 11.1. The van der Waals surface area contributed by atoms with Gasteiger partial charge < -0.3 is 0 Å². The third-order valence-electron chi connectivity index (χ3n) is 2.98. The van der Waals surface area contributed by atoms with Gasteiger partial charge in [-0.25, -0.2) is 15.0 Å². The van der Waals surface area contributed by atoms with Crippen LogP contribution in [0.2, 0.25) is 0 Å². The number of Topliss-reactive ketones (excluding diaryl/α,β-unsaturated/α-hetero) is 1. The molecule has 104 valence electrons. The summed E-state index contributed by atoms with van der Waals surface area (Å²) in [4.78, 5) is 25.1. The van der Waals surface area contributed by atoms with E-state index in [9.17, 15) is 4.79 Å². The van der Waals surface area contributed by atoms with Crippen molar-refractivity contribution in [2.24, 2.45) is 0 Å². The average molecular weight is 295 g/mol. The van der Waals surface area contributed by atoms with Crippen LogP contribution in [-0.4, -0.2) is 20.7 Å². The molecule has 21 heavy (non-hydrogen) atoms. The lowest BCUT2D eigenvalue weighted by molar-refractivity contribution is 0.0992. The molecular weight excluding hydrogens is 282 g/mol. The van der Waals surface area contributed by atoms with Crippen LogP contribution in [0.4, 0.5) is 0 Å². The quantitative estimate of drug-likeness (QED) is 0.693. The minimum atomic E-state index is 0.0753. The van der Waals surface area contributed by atoms with E-state index in [4.69, 9.17) is 0 Å². The molecule has 0 atom stereocenters. The Kier molecular flexibility index (Phi) is 3.83. The van der Waals surface area contributed by atoms with Gasteiger partial charge in [-0.15, -0.1) is 11.3 Å². The molecule has 0 N–H and O–H groups in total. The number of ketones is 1. The van der Waals surface area contributed by atoms with Gasteiger partial charge >= 0.3 is 0 Å². The first kappa shape index (κ1) is 13.6. The van der Waals surface area contributed by atoms with Gasteiger partial charge in [0.2, 0.25) is 0 Å². The third-order valence-corrected chi connectivity index (χ3v) is 3.90. The number of rotatable bonds is 4. The van der Waals surface area contributed by atoms with Gasteiger partial charge in [-0.3, -0.25) is 4.79 Å². The molecule has 2 heterocycles. The van der Waals surface area contributed by atoms with E-state index in [1.807, 2.05) is 48.7 Å². The minimum absolute atomic E-state index is 0.0753. The Morgan fingerprint density at radius 3 is 2.71 bits per heavy atom. The fourth-order valence-electron chi connectivity index (χ4n) is 1.97. The van der Waals surface area contributed by atoms with Gasteiger partial charge in [-0.05, 0) is 13.0 Å². The predicted octanol–water partition coefficient (Wildman–Crippen LogP) is 3.33. The first-order chi connectivity index (χ1) is 10.2. The van der Waals surface area contributed by atoms with Crippen molar-refractivity contribution in [2.75, 3.05) is 0 Å². The standard InChI is InChI=1S/C16H13N3OS/c1-11-17-8-7-14(18-11)16-19-13(10-21-16)9-15(20)12-5-3-2-4-6-12/h2-8,10H,9H2,1H3. The van der Waals surface area contributed by atoms with Gasteiger partial charge in [0.25, 0.3) is 0 Å². The van der Waals surface area contributed by atoms with E-state index in [0.717, 1.165) is 16.4 Å². The van der Waals surface area contributed by atoms with Crippen LogP contribution in [0.3, 0.4) is 0 Å². The molecule has 3 rings (SSSR count). The maximum atomic E-state index is 12.2. The van der Waals surface area contributed by atoms with Crippen LogP contribution in [0.1, 0.15) is 21.9 Å². The average Bonchev–Trinajstić information content (AvgIpc) is 2.97. The highest BCUT2D eigenvalue weighted by Crippen LogP contribution is 2.22. The summed E-state index contributed by atoms with van der Waals surface area (Å²) in [6.07, 6.45) is 2.03. The van der Waals surface area contributed by atoms with E-state index in [0.29, 0.717) is 17.8 Å². The van der Waals surface area contributed by atoms with Gasteiger partial charge in [0.1, 0.15) is 16.5 Å². The summed E-state index contributed by atoms with van der Waals surface area (Å²) >= 11 is 1.49. The van der Waals surface area contributed by atoms with Crippen molar-refractivity contribution < 1.29 is 4.79 Å². The van der Waals surface area contributed by atoms with Crippen LogP contribution < -0.4 is 0 Å². The van der Waals surface area contributed by atoms with Crippen molar-refractivity contribution in [1.29, 1.82) is 0 Å². The second kappa shape index (κ2) is 5.93. The van der Waals surface area contributed by atoms with Crippen LogP contribution in [0.25, 0.3) is 10.7 Å². The largest absolute Gasteiger partial charge is 0.294 e. The minimum Gasteiger partial charge on any atom is -0.294 e. The zero-order valence-corrected chi connectivity index (χ0v) is 12.3. The van der Waals surface area contributed by atoms with Crippen molar-refractivity contribution in [2.45, 2.75) is 13.3 Å². The molecule has 0 aliphatic heterocycles. The Morgan fingerprint density at radius 1 is 1.14 bits per heavy atom. The van der Waals surface area contributed by atoms with Gasteiger partial charge in [-0.2, -0.15) is 0 Å². The van der Waals surface area contributed by atoms with Crippen LogP contribution in [0.15, 0.2) is 48.0 Å². The van der Waals surface area contributed by atoms with Crippen LogP contribution in [-0.2, 0) is 6.42 Å². The first-order valence-corrected chi connectivity index (χ1v) is 7.43. The van der Waals surface area contributed by atoms with Crippen molar-refractivity contribution in [1.82, 2.24) is 15.0 Å². The Labute approximate surface area is 126 Å². The second-order valence-electron chi connectivity index (χ2n) is 4.60. The maximum Gasteiger partial charge on any atom is 0.168 e. The van der Waals surface area contributed by atoms with Gasteiger partial charge in [0.05, 0.1) is 12.1 Å². The zero-order valence-electron chi connectivity index (χ0n) is 11.5. The number of aryl methyl sites for hydroxylation is 1. The maximum absolute atomic E-state index is 12.2. The number of aromatic nitrogens is 3. The van der Waals surface area contributed by atoms with Crippen molar-refractivity contribution >= 4 is 17.1 Å². The third kappa shape index (κ3) is 3.20. The molecule has 0 bridgehead atoms. The van der Waals surface area contributed by atoms with Gasteiger partial charge in [0.15, 0.2) is 5.78 Å². The predicted molar refractivity (Wildman–Crippen MR) is 82.4 cm³/mol. The number of thiazole rings is 1. The number of hydrogen-bond donors (Lipinski definition) is 0. The molecule has 0 fully saturated rings. The number of benzene rings is 1. The smallest absolute Gasteiger partial charge is 0.168 e. The van der Waals surface area contributed by atoms with Crippen LogP contribution >= 0.6 is 11.3 Å². The lowest BCUT2D eigenvalue weighted by atomic mass is 10.1. The first-order valence-electron chi connectivity index (χ1n) is 6.55. The Balaban J connectivity index is 1.78. The number of nitrogens with zero attached hydrogens (tertiary/aromatic N) is 3. The lowest BCUT2D eigenvalue weighted by Crippen LogP contribution is -2.03. The van der Waals surface area contributed by atoms with Gasteiger partial charge in [-0.1, -0.05) is 30.3 Å². The molecule has 0 unspecified atom stereocenters. The molecule has 0 spiro atoms. The molecule has 0 saturated carbocycles. The fraction of sp³-hybridized carbons (Fsp3) is 0.125. The van der Waals surface area contributed by atoms with E-state index in [1.165, 1.54) is 11.3 Å². The molecule has 0 amide bonds. The lowest BCUT2D eigenvalue weighted by Gasteiger charge is -1.98. The Morgan fingerprint density at radius 2 is 1.95 bits per heavy atom. The molecule has 0 aliphatic carbocycles. The van der Waals surface area contributed by atoms with Crippen LogP contribution in [0, 0.1) is 6.92 Å². The SMILES string of the molecule is Cc1nccc(-c2nc(CC(=O)c3ccccc3)cs2)n1. The number of carbonyl (C=O) groups excluding carboxylic acids is 1. The van der Waals surface area contributed by atoms with E-state index in [-0.39, 0.29) is 5.78 Å². The number of hydrogen-bond acceptors (Lipinski definition) is 5. The molecular formula is C16H13N3OS. The zero-order chi connectivity index (χ0) is 14.7. The normalized spacial score (nSPS) is 10.5. The molecule has 4 nitrogen and oxygen atoms in total. The van der Waals surface area contributed by atoms with Crippen LogP contribution in [0.5, 0.6) is 0 Å². The molecule has 2 aromatic heterocycles. The summed E-state index contributed by atoms with van der Waals surface area (Å²) in [5.41, 5.74) is 2.29. The summed E-state index contributed by atoms with van der Waals surface area (Å²) in [6.45, 7) is 1.84. The Bertz CT molecular complexity index is 768. The summed E-state index contributed by atoms with van der Waals surface area (Å²) < 4.78 is 0. The van der Waals surface area contributed by atoms with Crippen molar-refractivity contribution in [3.05, 3.63) is 65.1 Å². The highest BCUT2D eigenvalue weighted by Gasteiger charge is 2.11. The molecule has 3 aromatic rings. The van der Waals surface area contributed by atoms with E-state index in [1.54, 1.807) is 6.20 Å². The van der Waals surface area contributed by atoms with E-state index >= 15 is 0 Å². The second-order valence-corrected chi connectivity index (χ2v) is 5.46. The van der Waals surface area contributed by atoms with E-state index in [2.05, 4.69) is 15.0 Å². The highest BCUT2D eigenvalue weighted by atomic mass is 32.1. The summed E-state index contributed by atoms with van der Waals surface area (Å²) in [5.74, 6) is 0.788. The summed E-state index contributed by atoms with van der Waals surface area (Å²) in [7, 11) is 0. The molecule has 0 aliphatic rings. The van der Waals surface area contributed by atoms with Gasteiger partial charge in [0, 0.05) is 17.1 Å². The van der Waals surface area contributed by atoms with E-state index < -0.39 is 0 Å². The summed E-state index contributed by atoms with van der Waals surface area (Å²) in [5, 5.41) is 2.73. The molecule has 5 heteroatoms. The fourth-order valence-corrected chi connectivity index (χ4v) is 2.76. The van der Waals surface area contributed by atoms with Crippen molar-refractivity contribution in [3.8, 4) is 10.7 Å². The molecule has 0 saturated heterocycles. The topological polar surface area (TPSA) is 55.7 Å².